The molecule has 2 aromatic heterocycles. The number of carbonyl (C=O) groups excluding carboxylic acids is 4. The summed E-state index contributed by atoms with van der Waals surface area (Å²) < 4.78 is 77.1. The van der Waals surface area contributed by atoms with E-state index in [1.807, 2.05) is 41.9 Å². The van der Waals surface area contributed by atoms with Gasteiger partial charge in [0, 0.05) is 90.0 Å². The van der Waals surface area contributed by atoms with Gasteiger partial charge >= 0.3 is 11.9 Å². The molecule has 2 fully saturated rings. The number of aromatic nitrogens is 2. The van der Waals surface area contributed by atoms with Crippen LogP contribution in [0.5, 0.6) is 34.5 Å². The Balaban J connectivity index is 0.000000185. The van der Waals surface area contributed by atoms with Gasteiger partial charge in [0.2, 0.25) is 11.8 Å². The van der Waals surface area contributed by atoms with E-state index in [-0.39, 0.29) is 42.6 Å². The van der Waals surface area contributed by atoms with E-state index in [4.69, 9.17) is 37.9 Å². The molecule has 21 heteroatoms. The van der Waals surface area contributed by atoms with Crippen LogP contribution in [0.1, 0.15) is 108 Å². The molecule has 17 nitrogen and oxygen atoms in total. The summed E-state index contributed by atoms with van der Waals surface area (Å²) >= 11 is 2.75. The second kappa shape index (κ2) is 28.5. The minimum Gasteiger partial charge on any atom is -0.487 e. The van der Waals surface area contributed by atoms with E-state index in [1.54, 1.807) is 85.2 Å². The second-order valence-electron chi connectivity index (χ2n) is 23.0. The number of ether oxygens (including phenoxy) is 8. The average molecular weight is 1260 g/mol. The van der Waals surface area contributed by atoms with Crippen molar-refractivity contribution in [3.05, 3.63) is 177 Å². The lowest BCUT2D eigenvalue weighted by atomic mass is 9.69. The van der Waals surface area contributed by atoms with Crippen molar-refractivity contribution >= 4 is 56.7 Å². The maximum Gasteiger partial charge on any atom is 0.337 e. The summed E-state index contributed by atoms with van der Waals surface area (Å²) in [7, 11) is 2.63. The topological polar surface area (TPSA) is 204 Å². The van der Waals surface area contributed by atoms with E-state index in [1.165, 1.54) is 49.0 Å². The number of benzene rings is 6. The van der Waals surface area contributed by atoms with Gasteiger partial charge in [0.15, 0.2) is 33.3 Å². The third-order valence-electron chi connectivity index (χ3n) is 16.6. The number of aryl methyl sites for hydroxylation is 1. The Labute approximate surface area is 528 Å². The molecule has 2 saturated heterocycles. The van der Waals surface area contributed by atoms with Crippen molar-refractivity contribution in [2.24, 2.45) is 0 Å². The van der Waals surface area contributed by atoms with Crippen LogP contribution in [-0.2, 0) is 52.3 Å². The van der Waals surface area contributed by atoms with Gasteiger partial charge in [-0.3, -0.25) is 9.59 Å². The Morgan fingerprint density at radius 1 is 0.600 bits per heavy atom. The number of hydrogen-bond donors (Lipinski definition) is 3. The number of amides is 2. The lowest BCUT2D eigenvalue weighted by molar-refractivity contribution is -0.118. The van der Waals surface area contributed by atoms with E-state index in [0.29, 0.717) is 98.8 Å². The fourth-order valence-corrected chi connectivity index (χ4v) is 13.0. The standard InChI is InChI=1S/C35H35FN2O6S.C34H34FN3O6S/c1-35(20-32(39)38-34-37-14-16-45-34)13-3-5-24-17-30(43-21-26-6-4-15-42-26)31(19-28(24)35)44-25-11-12-27(29(36)18-25)22-7-9-23(10-8-22)33(40)41-2;1-34(19-31(39)38-33-36-13-15-45-33)27-18-30(29(16-23(27)11-12-37-34)43-20-25-4-3-14-42-25)44-24-9-10-26(28(35)17-24)21-5-7-22(8-6-21)32(40)41-2/h7-12,14,16-19,26H,3-6,13,15,20-21H2,1-2H3,(H,37,38,39);5-10,13,15-18,25,37H,3-4,11-12,14,19-20H2,1-2H3,(H,36,38,39)/t26?,35-;25?,34-/m11/s1. The fourth-order valence-electron chi connectivity index (χ4n) is 11.9. The number of nitrogens with one attached hydrogen (secondary N) is 3. The van der Waals surface area contributed by atoms with E-state index >= 15 is 8.78 Å². The van der Waals surface area contributed by atoms with Gasteiger partial charge < -0.3 is 53.8 Å². The largest absolute Gasteiger partial charge is 0.487 e. The van der Waals surface area contributed by atoms with Crippen molar-refractivity contribution in [1.29, 1.82) is 0 Å². The summed E-state index contributed by atoms with van der Waals surface area (Å²) in [6.07, 6.45) is 11.0. The highest BCUT2D eigenvalue weighted by Crippen LogP contribution is 2.47. The first-order valence-corrected chi connectivity index (χ1v) is 31.7. The van der Waals surface area contributed by atoms with Crippen LogP contribution in [0.3, 0.4) is 0 Å². The van der Waals surface area contributed by atoms with Crippen LogP contribution in [0, 0.1) is 11.6 Å². The maximum absolute atomic E-state index is 15.4. The van der Waals surface area contributed by atoms with Gasteiger partial charge in [-0.05, 0) is 164 Å². The molecule has 468 valence electrons. The van der Waals surface area contributed by atoms with E-state index in [0.717, 1.165) is 80.2 Å². The van der Waals surface area contributed by atoms with Crippen molar-refractivity contribution in [3.8, 4) is 56.8 Å². The summed E-state index contributed by atoms with van der Waals surface area (Å²) in [5.41, 5.74) is 5.69. The Morgan fingerprint density at radius 3 is 1.54 bits per heavy atom. The van der Waals surface area contributed by atoms with Crippen LogP contribution in [0.25, 0.3) is 22.3 Å². The SMILES string of the molecule is COC(=O)c1ccc(-c2ccc(Oc3cc4c(cc3OCC3CCCO3)CCC[C@]4(C)CC(=O)Nc3nccs3)cc2F)cc1.COC(=O)c1ccc(-c2ccc(Oc3cc4c(cc3OCC3CCCO3)CCN[C@]4(C)CC(=O)Nc3nccs3)cc2F)cc1. The number of fused-ring (bicyclic) bond motifs is 2. The molecule has 0 radical (unpaired) electrons. The fraction of sp³-hybridized carbons (Fsp3) is 0.333. The van der Waals surface area contributed by atoms with Gasteiger partial charge in [-0.15, -0.1) is 22.7 Å². The lowest BCUT2D eigenvalue weighted by Crippen LogP contribution is -2.47. The third kappa shape index (κ3) is 15.2. The van der Waals surface area contributed by atoms with Crippen LogP contribution in [0.2, 0.25) is 0 Å². The molecule has 2 unspecified atom stereocenters. The number of anilines is 2. The molecule has 12 rings (SSSR count). The first-order valence-electron chi connectivity index (χ1n) is 29.9. The molecular weight excluding hydrogens is 1190 g/mol. The highest BCUT2D eigenvalue weighted by molar-refractivity contribution is 7.14. The molecule has 3 N–H and O–H groups in total. The summed E-state index contributed by atoms with van der Waals surface area (Å²) in [5, 5.41) is 14.1. The number of halogens is 2. The molecular formula is C69H69F2N5O12S2. The highest BCUT2D eigenvalue weighted by atomic mass is 32.1. The van der Waals surface area contributed by atoms with Gasteiger partial charge in [-0.1, -0.05) is 31.2 Å². The molecule has 90 heavy (non-hydrogen) atoms. The Morgan fingerprint density at radius 2 is 1.09 bits per heavy atom. The zero-order chi connectivity index (χ0) is 62.8. The number of carbonyl (C=O) groups is 4. The first kappa shape index (κ1) is 63.0. The summed E-state index contributed by atoms with van der Waals surface area (Å²) in [5.74, 6) is 0.429. The highest BCUT2D eigenvalue weighted by Gasteiger charge is 2.38. The Kier molecular flexibility index (Phi) is 19.9. The zero-order valence-electron chi connectivity index (χ0n) is 50.3. The quantitative estimate of drug-likeness (QED) is 0.0607. The predicted octanol–water partition coefficient (Wildman–Crippen LogP) is 14.2. The number of rotatable bonds is 20. The van der Waals surface area contributed by atoms with Gasteiger partial charge in [0.05, 0.1) is 37.6 Å². The number of esters is 2. The summed E-state index contributed by atoms with van der Waals surface area (Å²) in [6, 6.07) is 30.2. The zero-order valence-corrected chi connectivity index (χ0v) is 52.0. The smallest absolute Gasteiger partial charge is 0.337 e. The first-order chi connectivity index (χ1) is 43.6. The minimum absolute atomic E-state index is 0.00216. The van der Waals surface area contributed by atoms with Crippen molar-refractivity contribution in [3.63, 3.8) is 0 Å². The summed E-state index contributed by atoms with van der Waals surface area (Å²) in [4.78, 5) is 58.0. The van der Waals surface area contributed by atoms with E-state index in [2.05, 4.69) is 32.8 Å². The molecule has 0 saturated carbocycles. The van der Waals surface area contributed by atoms with Gasteiger partial charge in [-0.2, -0.15) is 0 Å². The van der Waals surface area contributed by atoms with Crippen LogP contribution < -0.4 is 34.9 Å². The number of thiazole rings is 2. The molecule has 2 amide bonds. The molecule has 5 heterocycles. The number of nitrogens with zero attached hydrogens (tertiary/aromatic N) is 2. The molecule has 0 spiro atoms. The normalized spacial score (nSPS) is 19.0. The van der Waals surface area contributed by atoms with Crippen LogP contribution in [-0.4, -0.2) is 93.1 Å². The van der Waals surface area contributed by atoms with Crippen LogP contribution in [0.4, 0.5) is 19.0 Å². The molecule has 3 aliphatic heterocycles. The van der Waals surface area contributed by atoms with Gasteiger partial charge in [0.25, 0.3) is 0 Å². The molecule has 4 aliphatic rings. The van der Waals surface area contributed by atoms with Gasteiger partial charge in [-0.25, -0.2) is 28.3 Å². The molecule has 4 atom stereocenters. The lowest BCUT2D eigenvalue weighted by Gasteiger charge is -2.37. The van der Waals surface area contributed by atoms with Crippen molar-refractivity contribution in [2.45, 2.75) is 101 Å². The second-order valence-corrected chi connectivity index (χ2v) is 24.8. The average Bonchev–Trinajstić information content (AvgIpc) is 1.39. The van der Waals surface area contributed by atoms with E-state index in [9.17, 15) is 19.2 Å². The Bertz CT molecular complexity index is 3590. The summed E-state index contributed by atoms with van der Waals surface area (Å²) in [6.45, 7) is 6.97. The van der Waals surface area contributed by atoms with Crippen LogP contribution >= 0.6 is 22.7 Å². The maximum atomic E-state index is 15.4. The monoisotopic (exact) mass is 1260 g/mol. The number of hydrogen-bond acceptors (Lipinski definition) is 17. The van der Waals surface area contributed by atoms with Crippen molar-refractivity contribution in [1.82, 2.24) is 15.3 Å². The van der Waals surface area contributed by atoms with E-state index < -0.39 is 34.5 Å². The third-order valence-corrected chi connectivity index (χ3v) is 17.9. The van der Waals surface area contributed by atoms with Gasteiger partial charge in [0.1, 0.15) is 36.3 Å². The Hall–Kier alpha value is -8.60. The predicted molar refractivity (Wildman–Crippen MR) is 338 cm³/mol. The molecule has 6 aromatic carbocycles. The van der Waals surface area contributed by atoms with Crippen LogP contribution in [0.15, 0.2) is 132 Å². The minimum atomic E-state index is -0.689. The van der Waals surface area contributed by atoms with Crippen molar-refractivity contribution < 1.29 is 65.9 Å². The molecule has 0 bridgehead atoms. The molecule has 8 aromatic rings. The number of methoxy groups -OCH3 is 2. The molecule has 1 aliphatic carbocycles. The van der Waals surface area contributed by atoms with Crippen molar-refractivity contribution in [2.75, 3.05) is 57.8 Å².